The molecule has 1 aromatic carbocycles. The SMILES string of the molecule is CCCCC(N)C(=O)NC(C)c1cccc(Cl)c1. The van der Waals surface area contributed by atoms with Crippen LogP contribution in [0.4, 0.5) is 0 Å². The molecule has 0 spiro atoms. The molecule has 0 radical (unpaired) electrons. The predicted molar refractivity (Wildman–Crippen MR) is 75.5 cm³/mol. The third kappa shape index (κ3) is 4.67. The Morgan fingerprint density at radius 2 is 2.22 bits per heavy atom. The monoisotopic (exact) mass is 268 g/mol. The van der Waals surface area contributed by atoms with E-state index in [2.05, 4.69) is 12.2 Å². The first kappa shape index (κ1) is 15.0. The number of nitrogens with two attached hydrogens (primary N) is 1. The minimum Gasteiger partial charge on any atom is -0.348 e. The summed E-state index contributed by atoms with van der Waals surface area (Å²) in [5.74, 6) is -0.101. The van der Waals surface area contributed by atoms with Crippen molar-refractivity contribution in [1.82, 2.24) is 5.32 Å². The van der Waals surface area contributed by atoms with Crippen molar-refractivity contribution < 1.29 is 4.79 Å². The van der Waals surface area contributed by atoms with Crippen molar-refractivity contribution in [3.8, 4) is 0 Å². The zero-order valence-electron chi connectivity index (χ0n) is 10.9. The Balaban J connectivity index is 2.54. The van der Waals surface area contributed by atoms with Crippen molar-refractivity contribution in [1.29, 1.82) is 0 Å². The van der Waals surface area contributed by atoms with Gasteiger partial charge >= 0.3 is 0 Å². The smallest absolute Gasteiger partial charge is 0.237 e. The second-order valence-electron chi connectivity index (χ2n) is 4.53. The molecule has 2 atom stereocenters. The van der Waals surface area contributed by atoms with Crippen molar-refractivity contribution in [2.45, 2.75) is 45.2 Å². The molecular formula is C14H21ClN2O. The number of carbonyl (C=O) groups excluding carboxylic acids is 1. The standard InChI is InChI=1S/C14H21ClN2O/c1-3-4-8-13(16)14(18)17-10(2)11-6-5-7-12(15)9-11/h5-7,9-10,13H,3-4,8,16H2,1-2H3,(H,17,18). The third-order valence-corrected chi connectivity index (χ3v) is 3.15. The van der Waals surface area contributed by atoms with Crippen LogP contribution in [0.1, 0.15) is 44.7 Å². The van der Waals surface area contributed by atoms with Crippen LogP contribution in [0.15, 0.2) is 24.3 Å². The predicted octanol–water partition coefficient (Wildman–Crippen LogP) is 3.03. The molecular weight excluding hydrogens is 248 g/mol. The van der Waals surface area contributed by atoms with Gasteiger partial charge in [0.2, 0.25) is 5.91 Å². The average Bonchev–Trinajstić information content (AvgIpc) is 2.35. The first-order valence-electron chi connectivity index (χ1n) is 6.36. The van der Waals surface area contributed by atoms with Gasteiger partial charge in [0, 0.05) is 5.02 Å². The summed E-state index contributed by atoms with van der Waals surface area (Å²) < 4.78 is 0. The zero-order valence-corrected chi connectivity index (χ0v) is 11.7. The van der Waals surface area contributed by atoms with E-state index >= 15 is 0 Å². The summed E-state index contributed by atoms with van der Waals surface area (Å²) in [7, 11) is 0. The summed E-state index contributed by atoms with van der Waals surface area (Å²) in [5, 5.41) is 3.58. The summed E-state index contributed by atoms with van der Waals surface area (Å²) in [6.45, 7) is 4.01. The lowest BCUT2D eigenvalue weighted by Crippen LogP contribution is -2.41. The Labute approximate surface area is 114 Å². The average molecular weight is 269 g/mol. The van der Waals surface area contributed by atoms with Gasteiger partial charge in [0.1, 0.15) is 0 Å². The molecule has 0 aromatic heterocycles. The molecule has 2 unspecified atom stereocenters. The Kier molecular flexibility index (Phi) is 6.16. The molecule has 0 aliphatic heterocycles. The first-order valence-corrected chi connectivity index (χ1v) is 6.73. The van der Waals surface area contributed by atoms with E-state index in [1.807, 2.05) is 31.2 Å². The summed E-state index contributed by atoms with van der Waals surface area (Å²) in [6.07, 6.45) is 2.75. The Morgan fingerprint density at radius 1 is 1.50 bits per heavy atom. The molecule has 0 saturated carbocycles. The summed E-state index contributed by atoms with van der Waals surface area (Å²) >= 11 is 5.92. The fraction of sp³-hybridized carbons (Fsp3) is 0.500. The highest BCUT2D eigenvalue weighted by Gasteiger charge is 2.16. The lowest BCUT2D eigenvalue weighted by atomic mass is 10.1. The summed E-state index contributed by atoms with van der Waals surface area (Å²) in [5.41, 5.74) is 6.81. The van der Waals surface area contributed by atoms with E-state index in [0.717, 1.165) is 24.8 Å². The normalized spacial score (nSPS) is 14.0. The van der Waals surface area contributed by atoms with E-state index in [1.54, 1.807) is 0 Å². The van der Waals surface area contributed by atoms with Gasteiger partial charge in [0.15, 0.2) is 0 Å². The molecule has 0 heterocycles. The highest BCUT2D eigenvalue weighted by Crippen LogP contribution is 2.17. The Morgan fingerprint density at radius 3 is 2.83 bits per heavy atom. The molecule has 18 heavy (non-hydrogen) atoms. The van der Waals surface area contributed by atoms with Gasteiger partial charge in [-0.05, 0) is 31.0 Å². The minimum absolute atomic E-state index is 0.0797. The van der Waals surface area contributed by atoms with Crippen molar-refractivity contribution in [2.75, 3.05) is 0 Å². The maximum absolute atomic E-state index is 11.8. The molecule has 4 heteroatoms. The van der Waals surface area contributed by atoms with Crippen LogP contribution in [0.3, 0.4) is 0 Å². The van der Waals surface area contributed by atoms with Crippen LogP contribution < -0.4 is 11.1 Å². The number of unbranched alkanes of at least 4 members (excludes halogenated alkanes) is 1. The number of amides is 1. The number of benzene rings is 1. The number of hydrogen-bond acceptors (Lipinski definition) is 2. The van der Waals surface area contributed by atoms with Crippen LogP contribution in [-0.2, 0) is 4.79 Å². The summed E-state index contributed by atoms with van der Waals surface area (Å²) in [6, 6.07) is 6.97. The van der Waals surface area contributed by atoms with Crippen LogP contribution in [0.25, 0.3) is 0 Å². The fourth-order valence-electron chi connectivity index (χ4n) is 1.73. The minimum atomic E-state index is -0.424. The van der Waals surface area contributed by atoms with Gasteiger partial charge < -0.3 is 11.1 Å². The molecule has 0 aliphatic carbocycles. The van der Waals surface area contributed by atoms with E-state index in [0.29, 0.717) is 5.02 Å². The molecule has 0 aliphatic rings. The van der Waals surface area contributed by atoms with Crippen molar-refractivity contribution in [3.05, 3.63) is 34.9 Å². The molecule has 1 rings (SSSR count). The topological polar surface area (TPSA) is 55.1 Å². The molecule has 0 saturated heterocycles. The van der Waals surface area contributed by atoms with Gasteiger partial charge in [-0.1, -0.05) is 43.5 Å². The van der Waals surface area contributed by atoms with E-state index in [-0.39, 0.29) is 11.9 Å². The van der Waals surface area contributed by atoms with E-state index < -0.39 is 6.04 Å². The largest absolute Gasteiger partial charge is 0.348 e. The molecule has 0 fully saturated rings. The summed E-state index contributed by atoms with van der Waals surface area (Å²) in [4.78, 5) is 11.8. The highest BCUT2D eigenvalue weighted by molar-refractivity contribution is 6.30. The van der Waals surface area contributed by atoms with E-state index in [4.69, 9.17) is 17.3 Å². The van der Waals surface area contributed by atoms with Crippen LogP contribution in [-0.4, -0.2) is 11.9 Å². The molecule has 0 bridgehead atoms. The maximum atomic E-state index is 11.8. The number of rotatable bonds is 6. The zero-order chi connectivity index (χ0) is 13.5. The second-order valence-corrected chi connectivity index (χ2v) is 4.97. The Bertz CT molecular complexity index is 395. The highest BCUT2D eigenvalue weighted by atomic mass is 35.5. The van der Waals surface area contributed by atoms with Crippen molar-refractivity contribution in [3.63, 3.8) is 0 Å². The van der Waals surface area contributed by atoms with Gasteiger partial charge in [-0.25, -0.2) is 0 Å². The van der Waals surface area contributed by atoms with Crippen molar-refractivity contribution in [2.24, 2.45) is 5.73 Å². The van der Waals surface area contributed by atoms with Crippen LogP contribution in [0.2, 0.25) is 5.02 Å². The quantitative estimate of drug-likeness (QED) is 0.833. The molecule has 3 N–H and O–H groups in total. The number of halogens is 1. The van der Waals surface area contributed by atoms with Gasteiger partial charge in [-0.2, -0.15) is 0 Å². The van der Waals surface area contributed by atoms with Gasteiger partial charge in [-0.3, -0.25) is 4.79 Å². The lowest BCUT2D eigenvalue weighted by Gasteiger charge is -2.18. The third-order valence-electron chi connectivity index (χ3n) is 2.91. The first-order chi connectivity index (χ1) is 8.54. The van der Waals surface area contributed by atoms with Gasteiger partial charge in [0.25, 0.3) is 0 Å². The van der Waals surface area contributed by atoms with Crippen molar-refractivity contribution >= 4 is 17.5 Å². The van der Waals surface area contributed by atoms with E-state index in [1.165, 1.54) is 0 Å². The number of nitrogens with one attached hydrogen (secondary N) is 1. The van der Waals surface area contributed by atoms with Crippen LogP contribution in [0, 0.1) is 0 Å². The molecule has 100 valence electrons. The van der Waals surface area contributed by atoms with Gasteiger partial charge in [-0.15, -0.1) is 0 Å². The molecule has 1 amide bonds. The molecule has 3 nitrogen and oxygen atoms in total. The van der Waals surface area contributed by atoms with E-state index in [9.17, 15) is 4.79 Å². The second kappa shape index (κ2) is 7.39. The Hall–Kier alpha value is -1.06. The van der Waals surface area contributed by atoms with Crippen LogP contribution >= 0.6 is 11.6 Å². The lowest BCUT2D eigenvalue weighted by molar-refractivity contribution is -0.123. The number of hydrogen-bond donors (Lipinski definition) is 2. The molecule has 1 aromatic rings. The fourth-order valence-corrected chi connectivity index (χ4v) is 1.93. The van der Waals surface area contributed by atoms with Gasteiger partial charge in [0.05, 0.1) is 12.1 Å². The van der Waals surface area contributed by atoms with Crippen LogP contribution in [0.5, 0.6) is 0 Å². The number of carbonyl (C=O) groups is 1. The maximum Gasteiger partial charge on any atom is 0.237 e.